The highest BCUT2D eigenvalue weighted by atomic mass is 16.1. The molecule has 18 heavy (non-hydrogen) atoms. The lowest BCUT2D eigenvalue weighted by Crippen LogP contribution is -2.17. The van der Waals surface area contributed by atoms with Crippen molar-refractivity contribution >= 4 is 16.7 Å². The van der Waals surface area contributed by atoms with Crippen LogP contribution >= 0.6 is 0 Å². The van der Waals surface area contributed by atoms with E-state index in [0.717, 1.165) is 12.8 Å². The van der Waals surface area contributed by atoms with Crippen molar-refractivity contribution in [2.24, 2.45) is 5.92 Å². The fourth-order valence-corrected chi connectivity index (χ4v) is 2.98. The van der Waals surface area contributed by atoms with Crippen LogP contribution in [0.4, 0.5) is 0 Å². The summed E-state index contributed by atoms with van der Waals surface area (Å²) in [5, 5.41) is 1.22. The van der Waals surface area contributed by atoms with Gasteiger partial charge in [0.2, 0.25) is 0 Å². The molecular weight excluding hydrogens is 222 g/mol. The highest BCUT2D eigenvalue weighted by molar-refractivity contribution is 5.85. The van der Waals surface area contributed by atoms with Gasteiger partial charge in [-0.2, -0.15) is 0 Å². The molecule has 0 atom stereocenters. The lowest BCUT2D eigenvalue weighted by Gasteiger charge is -2.10. The Labute approximate surface area is 108 Å². The lowest BCUT2D eigenvalue weighted by molar-refractivity contribution is -0.123. The van der Waals surface area contributed by atoms with E-state index in [2.05, 4.69) is 35.8 Å². The van der Waals surface area contributed by atoms with Crippen LogP contribution in [0.25, 0.3) is 10.9 Å². The molecule has 1 aliphatic rings. The van der Waals surface area contributed by atoms with E-state index in [1.54, 1.807) is 0 Å². The maximum Gasteiger partial charge on any atom is 0.155 e. The van der Waals surface area contributed by atoms with Gasteiger partial charge in [0.15, 0.2) is 5.78 Å². The van der Waals surface area contributed by atoms with Gasteiger partial charge in [-0.05, 0) is 42.8 Å². The van der Waals surface area contributed by atoms with Gasteiger partial charge in [0.1, 0.15) is 0 Å². The maximum atomic E-state index is 12.2. The van der Waals surface area contributed by atoms with Gasteiger partial charge in [-0.1, -0.05) is 25.0 Å². The third-order valence-corrected chi connectivity index (χ3v) is 4.07. The number of carbonyl (C=O) groups is 1. The minimum Gasteiger partial charge on any atom is -0.340 e. The van der Waals surface area contributed by atoms with Crippen molar-refractivity contribution in [3.05, 3.63) is 36.0 Å². The van der Waals surface area contributed by atoms with Crippen molar-refractivity contribution in [1.29, 1.82) is 0 Å². The quantitative estimate of drug-likeness (QED) is 0.803. The summed E-state index contributed by atoms with van der Waals surface area (Å²) in [5.74, 6) is 0.721. The molecule has 0 unspecified atom stereocenters. The van der Waals surface area contributed by atoms with Crippen molar-refractivity contribution in [3.63, 3.8) is 0 Å². The topological polar surface area (TPSA) is 22.0 Å². The van der Waals surface area contributed by atoms with Crippen LogP contribution in [0.2, 0.25) is 0 Å². The zero-order valence-electron chi connectivity index (χ0n) is 10.9. The highest BCUT2D eigenvalue weighted by Crippen LogP contribution is 2.26. The zero-order valence-corrected chi connectivity index (χ0v) is 10.9. The molecule has 0 amide bonds. The summed E-state index contributed by atoms with van der Waals surface area (Å²) in [5.41, 5.74) is 2.43. The molecule has 0 radical (unpaired) electrons. The first-order chi connectivity index (χ1) is 8.74. The number of Topliss-reactive ketones (excluding diaryl/α,β-unsaturated/α-hetero) is 1. The van der Waals surface area contributed by atoms with Crippen molar-refractivity contribution in [2.75, 3.05) is 0 Å². The molecule has 2 heteroatoms. The summed E-state index contributed by atoms with van der Waals surface area (Å²) >= 11 is 0. The Kier molecular flexibility index (Phi) is 2.94. The second-order valence-corrected chi connectivity index (χ2v) is 5.45. The molecule has 3 rings (SSSR count). The summed E-state index contributed by atoms with van der Waals surface area (Å²) < 4.78 is 2.10. The van der Waals surface area contributed by atoms with Gasteiger partial charge in [-0.15, -0.1) is 0 Å². The first-order valence-electron chi connectivity index (χ1n) is 6.82. The van der Waals surface area contributed by atoms with E-state index in [9.17, 15) is 4.79 Å². The molecule has 0 N–H and O–H groups in total. The third kappa shape index (κ3) is 2.07. The SMILES string of the molecule is Cc1ccc2ccn(CC(=O)C3CCCC3)c2c1. The molecular formula is C16H19NO. The van der Waals surface area contributed by atoms with E-state index in [4.69, 9.17) is 0 Å². The lowest BCUT2D eigenvalue weighted by atomic mass is 10.0. The van der Waals surface area contributed by atoms with Crippen molar-refractivity contribution in [3.8, 4) is 0 Å². The molecule has 0 saturated heterocycles. The largest absolute Gasteiger partial charge is 0.340 e. The average Bonchev–Trinajstić information content (AvgIpc) is 2.99. The number of fused-ring (bicyclic) bond motifs is 1. The smallest absolute Gasteiger partial charge is 0.155 e. The molecule has 2 aromatic rings. The van der Waals surface area contributed by atoms with Gasteiger partial charge < -0.3 is 4.57 Å². The summed E-state index contributed by atoms with van der Waals surface area (Å²) in [6.07, 6.45) is 6.68. The minimum absolute atomic E-state index is 0.312. The summed E-state index contributed by atoms with van der Waals surface area (Å²) in [6, 6.07) is 8.50. The highest BCUT2D eigenvalue weighted by Gasteiger charge is 2.22. The molecule has 1 aromatic carbocycles. The van der Waals surface area contributed by atoms with Gasteiger partial charge in [0.05, 0.1) is 6.54 Å². The summed E-state index contributed by atoms with van der Waals surface area (Å²) in [6.45, 7) is 2.63. The van der Waals surface area contributed by atoms with E-state index in [0.29, 0.717) is 18.2 Å². The third-order valence-electron chi connectivity index (χ3n) is 4.07. The molecule has 0 spiro atoms. The molecule has 94 valence electrons. The Hall–Kier alpha value is -1.57. The Morgan fingerprint density at radius 3 is 2.83 bits per heavy atom. The number of carbonyl (C=O) groups excluding carboxylic acids is 1. The monoisotopic (exact) mass is 241 g/mol. The van der Waals surface area contributed by atoms with Crippen LogP contribution in [0.1, 0.15) is 31.2 Å². The fraction of sp³-hybridized carbons (Fsp3) is 0.438. The average molecular weight is 241 g/mol. The molecule has 1 aromatic heterocycles. The predicted octanol–water partition coefficient (Wildman–Crippen LogP) is 3.71. The van der Waals surface area contributed by atoms with Gasteiger partial charge in [0, 0.05) is 17.6 Å². The molecule has 1 aliphatic carbocycles. The predicted molar refractivity (Wildman–Crippen MR) is 73.6 cm³/mol. The van der Waals surface area contributed by atoms with Gasteiger partial charge in [-0.25, -0.2) is 0 Å². The van der Waals surface area contributed by atoms with E-state index in [1.165, 1.54) is 29.3 Å². The second kappa shape index (κ2) is 4.60. The Morgan fingerprint density at radius 2 is 2.06 bits per heavy atom. The van der Waals surface area contributed by atoms with Crippen LogP contribution < -0.4 is 0 Å². The first kappa shape index (κ1) is 11.5. The summed E-state index contributed by atoms with van der Waals surface area (Å²) in [7, 11) is 0. The number of benzene rings is 1. The van der Waals surface area contributed by atoms with Crippen LogP contribution in [0, 0.1) is 12.8 Å². The van der Waals surface area contributed by atoms with E-state index in [1.807, 2.05) is 6.20 Å². The fourth-order valence-electron chi connectivity index (χ4n) is 2.98. The van der Waals surface area contributed by atoms with Crippen molar-refractivity contribution in [2.45, 2.75) is 39.2 Å². The number of aryl methyl sites for hydroxylation is 1. The molecule has 1 fully saturated rings. The number of hydrogen-bond acceptors (Lipinski definition) is 1. The van der Waals surface area contributed by atoms with E-state index in [-0.39, 0.29) is 0 Å². The van der Waals surface area contributed by atoms with Gasteiger partial charge in [-0.3, -0.25) is 4.79 Å². The molecule has 1 heterocycles. The Balaban J connectivity index is 1.85. The van der Waals surface area contributed by atoms with Gasteiger partial charge >= 0.3 is 0 Å². The molecule has 0 aliphatic heterocycles. The van der Waals surface area contributed by atoms with Crippen LogP contribution in [0.5, 0.6) is 0 Å². The maximum absolute atomic E-state index is 12.2. The van der Waals surface area contributed by atoms with Crippen molar-refractivity contribution in [1.82, 2.24) is 4.57 Å². The zero-order chi connectivity index (χ0) is 12.5. The Morgan fingerprint density at radius 1 is 1.28 bits per heavy atom. The van der Waals surface area contributed by atoms with E-state index < -0.39 is 0 Å². The van der Waals surface area contributed by atoms with Crippen LogP contribution in [0.15, 0.2) is 30.5 Å². The number of hydrogen-bond donors (Lipinski definition) is 0. The van der Waals surface area contributed by atoms with Gasteiger partial charge in [0.25, 0.3) is 0 Å². The summed E-state index contributed by atoms with van der Waals surface area (Å²) in [4.78, 5) is 12.2. The molecule has 1 saturated carbocycles. The first-order valence-corrected chi connectivity index (χ1v) is 6.82. The van der Waals surface area contributed by atoms with Crippen LogP contribution in [-0.4, -0.2) is 10.4 Å². The number of aromatic nitrogens is 1. The number of nitrogens with zero attached hydrogens (tertiary/aromatic N) is 1. The standard InChI is InChI=1S/C16H19NO/c1-12-6-7-13-8-9-17(15(13)10-12)11-16(18)14-4-2-3-5-14/h6-10,14H,2-5,11H2,1H3. The number of rotatable bonds is 3. The van der Waals surface area contributed by atoms with E-state index >= 15 is 0 Å². The molecule has 2 nitrogen and oxygen atoms in total. The minimum atomic E-state index is 0.312. The van der Waals surface area contributed by atoms with Crippen molar-refractivity contribution < 1.29 is 4.79 Å². The van der Waals surface area contributed by atoms with Crippen LogP contribution in [-0.2, 0) is 11.3 Å². The normalized spacial score (nSPS) is 16.5. The Bertz CT molecular complexity index is 576. The van der Waals surface area contributed by atoms with Crippen LogP contribution in [0.3, 0.4) is 0 Å². The second-order valence-electron chi connectivity index (χ2n) is 5.45. The number of ketones is 1. The molecule has 0 bridgehead atoms.